The van der Waals surface area contributed by atoms with Gasteiger partial charge < -0.3 is 20.8 Å². The second-order valence-electron chi connectivity index (χ2n) is 6.12. The van der Waals surface area contributed by atoms with E-state index < -0.39 is 17.4 Å². The molecule has 0 saturated heterocycles. The molecule has 0 aliphatic heterocycles. The highest BCUT2D eigenvalue weighted by atomic mass is 16.3. The SMILES string of the molecule is CC(C)CCNC(=O)CCNC(=O)[C@@H](O)C(C)(C)CO. The number of hydrogen-bond donors (Lipinski definition) is 4. The number of amides is 2. The largest absolute Gasteiger partial charge is 0.396 e. The Labute approximate surface area is 120 Å². The third-order valence-corrected chi connectivity index (χ3v) is 3.09. The quantitative estimate of drug-likeness (QED) is 0.481. The summed E-state index contributed by atoms with van der Waals surface area (Å²) in [7, 11) is 0. The monoisotopic (exact) mass is 288 g/mol. The molecule has 0 unspecified atom stereocenters. The van der Waals surface area contributed by atoms with Crippen molar-refractivity contribution in [1.82, 2.24) is 10.6 Å². The highest BCUT2D eigenvalue weighted by Crippen LogP contribution is 2.19. The number of carbonyl (C=O) groups is 2. The minimum absolute atomic E-state index is 0.123. The molecule has 0 aromatic rings. The van der Waals surface area contributed by atoms with Crippen LogP contribution in [0.4, 0.5) is 0 Å². The van der Waals surface area contributed by atoms with Crippen LogP contribution in [0.5, 0.6) is 0 Å². The highest BCUT2D eigenvalue weighted by Gasteiger charge is 2.32. The van der Waals surface area contributed by atoms with Crippen LogP contribution in [0, 0.1) is 11.3 Å². The van der Waals surface area contributed by atoms with Crippen LogP contribution in [0.3, 0.4) is 0 Å². The summed E-state index contributed by atoms with van der Waals surface area (Å²) < 4.78 is 0. The molecule has 0 saturated carbocycles. The van der Waals surface area contributed by atoms with Crippen LogP contribution in [0.1, 0.15) is 40.5 Å². The fourth-order valence-corrected chi connectivity index (χ4v) is 1.43. The van der Waals surface area contributed by atoms with Gasteiger partial charge in [0.2, 0.25) is 11.8 Å². The molecule has 0 heterocycles. The van der Waals surface area contributed by atoms with E-state index in [0.29, 0.717) is 12.5 Å². The maximum atomic E-state index is 11.6. The van der Waals surface area contributed by atoms with Crippen LogP contribution in [0.2, 0.25) is 0 Å². The van der Waals surface area contributed by atoms with Crippen LogP contribution in [-0.4, -0.2) is 47.8 Å². The Morgan fingerprint density at radius 2 is 1.75 bits per heavy atom. The molecule has 6 heteroatoms. The average Bonchev–Trinajstić information content (AvgIpc) is 2.37. The zero-order valence-electron chi connectivity index (χ0n) is 12.9. The molecule has 20 heavy (non-hydrogen) atoms. The Bertz CT molecular complexity index is 316. The first kappa shape index (κ1) is 18.9. The fourth-order valence-electron chi connectivity index (χ4n) is 1.43. The van der Waals surface area contributed by atoms with Crippen LogP contribution in [0.25, 0.3) is 0 Å². The molecule has 0 spiro atoms. The molecular weight excluding hydrogens is 260 g/mol. The van der Waals surface area contributed by atoms with Crippen LogP contribution >= 0.6 is 0 Å². The smallest absolute Gasteiger partial charge is 0.249 e. The van der Waals surface area contributed by atoms with E-state index in [4.69, 9.17) is 5.11 Å². The van der Waals surface area contributed by atoms with Gasteiger partial charge in [-0.25, -0.2) is 0 Å². The lowest BCUT2D eigenvalue weighted by molar-refractivity contribution is -0.137. The Hall–Kier alpha value is -1.14. The van der Waals surface area contributed by atoms with Crippen molar-refractivity contribution in [2.75, 3.05) is 19.7 Å². The molecule has 0 aromatic heterocycles. The first-order chi connectivity index (χ1) is 9.20. The van der Waals surface area contributed by atoms with Crippen LogP contribution in [0.15, 0.2) is 0 Å². The normalized spacial score (nSPS) is 13.2. The van der Waals surface area contributed by atoms with Crippen molar-refractivity contribution in [3.63, 3.8) is 0 Å². The zero-order valence-corrected chi connectivity index (χ0v) is 12.9. The average molecular weight is 288 g/mol. The number of aliphatic hydroxyl groups is 2. The first-order valence-corrected chi connectivity index (χ1v) is 7.04. The van der Waals surface area contributed by atoms with Crippen molar-refractivity contribution in [3.8, 4) is 0 Å². The van der Waals surface area contributed by atoms with Crippen molar-refractivity contribution >= 4 is 11.8 Å². The van der Waals surface area contributed by atoms with Crippen molar-refractivity contribution < 1.29 is 19.8 Å². The summed E-state index contributed by atoms with van der Waals surface area (Å²) in [6, 6.07) is 0. The van der Waals surface area contributed by atoms with Gasteiger partial charge in [0.25, 0.3) is 0 Å². The Balaban J connectivity index is 3.89. The van der Waals surface area contributed by atoms with Gasteiger partial charge in [0.15, 0.2) is 0 Å². The number of rotatable bonds is 9. The third-order valence-electron chi connectivity index (χ3n) is 3.09. The number of aliphatic hydroxyl groups excluding tert-OH is 2. The topological polar surface area (TPSA) is 98.7 Å². The predicted molar refractivity (Wildman–Crippen MR) is 77.0 cm³/mol. The van der Waals surface area contributed by atoms with Gasteiger partial charge in [-0.05, 0) is 12.3 Å². The van der Waals surface area contributed by atoms with E-state index in [-0.39, 0.29) is 25.5 Å². The molecule has 4 N–H and O–H groups in total. The summed E-state index contributed by atoms with van der Waals surface area (Å²) in [6.45, 7) is 7.85. The molecule has 2 amide bonds. The predicted octanol–water partition coefficient (Wildman–Crippen LogP) is 0.0344. The summed E-state index contributed by atoms with van der Waals surface area (Å²) in [5, 5.41) is 24.1. The Morgan fingerprint density at radius 1 is 1.15 bits per heavy atom. The van der Waals surface area contributed by atoms with E-state index in [2.05, 4.69) is 24.5 Å². The van der Waals surface area contributed by atoms with Gasteiger partial charge in [-0.3, -0.25) is 9.59 Å². The second-order valence-corrected chi connectivity index (χ2v) is 6.12. The molecule has 0 aliphatic rings. The zero-order chi connectivity index (χ0) is 15.8. The van der Waals surface area contributed by atoms with Crippen LogP contribution < -0.4 is 10.6 Å². The lowest BCUT2D eigenvalue weighted by atomic mass is 9.87. The van der Waals surface area contributed by atoms with E-state index >= 15 is 0 Å². The van der Waals surface area contributed by atoms with Crippen molar-refractivity contribution in [2.24, 2.45) is 11.3 Å². The standard InChI is InChI=1S/C14H28N2O4/c1-10(2)5-7-15-11(18)6-8-16-13(20)12(19)14(3,4)9-17/h10,12,17,19H,5-9H2,1-4H3,(H,15,18)(H,16,20)/t12-/m1/s1. The van der Waals surface area contributed by atoms with E-state index in [0.717, 1.165) is 6.42 Å². The van der Waals surface area contributed by atoms with Gasteiger partial charge in [0.1, 0.15) is 6.10 Å². The first-order valence-electron chi connectivity index (χ1n) is 7.04. The lowest BCUT2D eigenvalue weighted by Crippen LogP contribution is -2.46. The summed E-state index contributed by atoms with van der Waals surface area (Å²) in [5.74, 6) is -0.160. The summed E-state index contributed by atoms with van der Waals surface area (Å²) in [6.07, 6.45) is -0.200. The van der Waals surface area contributed by atoms with E-state index in [1.807, 2.05) is 0 Å². The minimum atomic E-state index is -1.29. The van der Waals surface area contributed by atoms with Crippen molar-refractivity contribution in [2.45, 2.75) is 46.6 Å². The van der Waals surface area contributed by atoms with E-state index in [1.54, 1.807) is 13.8 Å². The lowest BCUT2D eigenvalue weighted by Gasteiger charge is -2.27. The van der Waals surface area contributed by atoms with Gasteiger partial charge in [-0.1, -0.05) is 27.7 Å². The minimum Gasteiger partial charge on any atom is -0.396 e. The van der Waals surface area contributed by atoms with Gasteiger partial charge in [0, 0.05) is 24.9 Å². The van der Waals surface area contributed by atoms with Crippen molar-refractivity contribution in [1.29, 1.82) is 0 Å². The van der Waals surface area contributed by atoms with Gasteiger partial charge in [0.05, 0.1) is 6.61 Å². The van der Waals surface area contributed by atoms with Crippen LogP contribution in [-0.2, 0) is 9.59 Å². The van der Waals surface area contributed by atoms with E-state index in [9.17, 15) is 14.7 Å². The fraction of sp³-hybridized carbons (Fsp3) is 0.857. The number of hydrogen-bond acceptors (Lipinski definition) is 4. The van der Waals surface area contributed by atoms with E-state index in [1.165, 1.54) is 0 Å². The number of carbonyl (C=O) groups excluding carboxylic acids is 2. The van der Waals surface area contributed by atoms with Gasteiger partial charge in [-0.2, -0.15) is 0 Å². The van der Waals surface area contributed by atoms with Gasteiger partial charge in [-0.15, -0.1) is 0 Å². The maximum Gasteiger partial charge on any atom is 0.249 e. The molecule has 0 aliphatic carbocycles. The summed E-state index contributed by atoms with van der Waals surface area (Å²) in [5.41, 5.74) is -0.899. The second kappa shape index (κ2) is 8.92. The molecule has 118 valence electrons. The molecule has 0 fully saturated rings. The molecule has 1 atom stereocenters. The summed E-state index contributed by atoms with van der Waals surface area (Å²) in [4.78, 5) is 23.1. The Kier molecular flexibility index (Phi) is 8.41. The summed E-state index contributed by atoms with van der Waals surface area (Å²) >= 11 is 0. The maximum absolute atomic E-state index is 11.6. The highest BCUT2D eigenvalue weighted by molar-refractivity contribution is 5.82. The molecule has 0 rings (SSSR count). The molecular formula is C14H28N2O4. The van der Waals surface area contributed by atoms with Crippen molar-refractivity contribution in [3.05, 3.63) is 0 Å². The number of nitrogens with one attached hydrogen (secondary N) is 2. The molecule has 0 aromatic carbocycles. The third kappa shape index (κ3) is 7.45. The Morgan fingerprint density at radius 3 is 2.25 bits per heavy atom. The van der Waals surface area contributed by atoms with Gasteiger partial charge >= 0.3 is 0 Å². The molecule has 6 nitrogen and oxygen atoms in total. The molecule has 0 radical (unpaired) electrons. The molecule has 0 bridgehead atoms.